The van der Waals surface area contributed by atoms with E-state index in [4.69, 9.17) is 13.1 Å². The van der Waals surface area contributed by atoms with Crippen LogP contribution in [0.25, 0.3) is 43.3 Å². The second-order valence-corrected chi connectivity index (χ2v) is 7.56. The third-order valence-electron chi connectivity index (χ3n) is 6.02. The molecule has 0 aromatic heterocycles. The molecule has 0 spiro atoms. The summed E-state index contributed by atoms with van der Waals surface area (Å²) >= 11 is 0. The molecule has 6 heteroatoms. The molecule has 0 atom stereocenters. The summed E-state index contributed by atoms with van der Waals surface area (Å²) in [5.41, 5.74) is 4.78. The molecule has 32 heavy (non-hydrogen) atoms. The monoisotopic (exact) mass is 416 g/mol. The number of halogens is 2. The largest absolute Gasteiger partial charge is 0.269 e. The summed E-state index contributed by atoms with van der Waals surface area (Å²) in [5, 5.41) is 20.3. The Kier molecular flexibility index (Phi) is 4.13. The minimum absolute atomic E-state index is 0.129. The van der Waals surface area contributed by atoms with E-state index in [2.05, 4.69) is 9.69 Å². The first-order chi connectivity index (χ1) is 15.5. The number of nitrogens with zero attached hydrogens (tertiary/aromatic N) is 4. The quantitative estimate of drug-likeness (QED) is 0.355. The lowest BCUT2D eigenvalue weighted by Crippen LogP contribution is -2.25. The molecule has 3 aromatic carbocycles. The first-order valence-electron chi connectivity index (χ1n) is 9.61. The Morgan fingerprint density at radius 2 is 1.16 bits per heavy atom. The van der Waals surface area contributed by atoms with Crippen molar-refractivity contribution in [3.63, 3.8) is 0 Å². The number of hydrogen-bond acceptors (Lipinski definition) is 2. The molecule has 0 radical (unpaired) electrons. The lowest BCUT2D eigenvalue weighted by atomic mass is 9.90. The van der Waals surface area contributed by atoms with Crippen LogP contribution < -0.4 is 10.4 Å². The van der Waals surface area contributed by atoms with Crippen LogP contribution in [0, 0.1) is 47.4 Å². The normalized spacial score (nSPS) is 13.9. The SMILES string of the molecule is [C-]#[N+]/C(C#N)=c1/c2c(/c(=C(\C#N)[N+]#[C-])c3c1-c1ccc(F)cc1C3)-c1ccc(F)cc1C2. The van der Waals surface area contributed by atoms with Crippen LogP contribution in [-0.2, 0) is 12.8 Å². The van der Waals surface area contributed by atoms with E-state index < -0.39 is 11.6 Å². The molecule has 0 heterocycles. The molecule has 0 N–H and O–H groups in total. The second-order valence-electron chi connectivity index (χ2n) is 7.56. The van der Waals surface area contributed by atoms with E-state index in [0.29, 0.717) is 54.9 Å². The molecule has 0 bridgehead atoms. The molecular formula is C26H10F2N4. The Balaban J connectivity index is 2.12. The zero-order valence-electron chi connectivity index (χ0n) is 16.4. The smallest absolute Gasteiger partial charge is 0.226 e. The van der Waals surface area contributed by atoms with Crippen molar-refractivity contribution >= 4 is 11.4 Å². The Hall–Kier alpha value is -4.78. The highest BCUT2D eigenvalue weighted by atomic mass is 19.1. The van der Waals surface area contributed by atoms with Gasteiger partial charge >= 0.3 is 0 Å². The maximum absolute atomic E-state index is 14.0. The Morgan fingerprint density at radius 3 is 1.50 bits per heavy atom. The molecule has 0 fully saturated rings. The highest BCUT2D eigenvalue weighted by molar-refractivity contribution is 5.92. The maximum atomic E-state index is 14.0. The Labute approximate surface area is 181 Å². The van der Waals surface area contributed by atoms with Crippen molar-refractivity contribution in [1.29, 1.82) is 10.5 Å². The van der Waals surface area contributed by atoms with Crippen molar-refractivity contribution in [2.24, 2.45) is 0 Å². The van der Waals surface area contributed by atoms with Crippen molar-refractivity contribution in [2.75, 3.05) is 0 Å². The fourth-order valence-corrected chi connectivity index (χ4v) is 4.88. The minimum Gasteiger partial charge on any atom is -0.226 e. The van der Waals surface area contributed by atoms with Gasteiger partial charge in [-0.25, -0.2) is 29.0 Å². The van der Waals surface area contributed by atoms with Crippen molar-refractivity contribution in [1.82, 2.24) is 0 Å². The highest BCUT2D eigenvalue weighted by Crippen LogP contribution is 2.40. The Morgan fingerprint density at radius 1 is 0.750 bits per heavy atom. The van der Waals surface area contributed by atoms with Crippen molar-refractivity contribution in [3.8, 4) is 34.4 Å². The molecule has 148 valence electrons. The van der Waals surface area contributed by atoms with Crippen molar-refractivity contribution < 1.29 is 8.78 Å². The predicted octanol–water partition coefficient (Wildman–Crippen LogP) is 4.21. The van der Waals surface area contributed by atoms with Gasteiger partial charge in [-0.2, -0.15) is 0 Å². The van der Waals surface area contributed by atoms with Crippen LogP contribution in [0.3, 0.4) is 0 Å². The van der Waals surface area contributed by atoms with Gasteiger partial charge in [0, 0.05) is 10.4 Å². The Bertz CT molecular complexity index is 1530. The summed E-state index contributed by atoms with van der Waals surface area (Å²) in [4.78, 5) is 6.89. The molecule has 0 unspecified atom stereocenters. The van der Waals surface area contributed by atoms with Crippen LogP contribution in [0.2, 0.25) is 0 Å². The van der Waals surface area contributed by atoms with Gasteiger partial charge in [-0.15, -0.1) is 0 Å². The van der Waals surface area contributed by atoms with Gasteiger partial charge in [0.1, 0.15) is 11.6 Å². The van der Waals surface area contributed by atoms with Gasteiger partial charge in [-0.3, -0.25) is 0 Å². The maximum Gasteiger partial charge on any atom is 0.269 e. The second kappa shape index (κ2) is 6.88. The lowest BCUT2D eigenvalue weighted by molar-refractivity contribution is 0.626. The number of hydrogen-bond donors (Lipinski definition) is 0. The number of benzene rings is 3. The third-order valence-corrected chi connectivity index (χ3v) is 6.02. The molecule has 2 aliphatic carbocycles. The van der Waals surface area contributed by atoms with Gasteiger partial charge in [0.15, 0.2) is 0 Å². The van der Waals surface area contributed by atoms with Gasteiger partial charge in [-0.05, 0) is 81.6 Å². The molecule has 4 nitrogen and oxygen atoms in total. The van der Waals surface area contributed by atoms with E-state index in [1.807, 2.05) is 12.1 Å². The van der Waals surface area contributed by atoms with E-state index in [-0.39, 0.29) is 24.2 Å². The van der Waals surface area contributed by atoms with Gasteiger partial charge in [0.2, 0.25) is 0 Å². The number of nitriles is 2. The summed E-state index contributed by atoms with van der Waals surface area (Å²) in [6.45, 7) is 15.2. The zero-order chi connectivity index (χ0) is 22.6. The molecule has 0 saturated heterocycles. The molecule has 0 amide bonds. The lowest BCUT2D eigenvalue weighted by Gasteiger charge is -2.13. The van der Waals surface area contributed by atoms with Crippen LogP contribution in [0.15, 0.2) is 36.4 Å². The highest BCUT2D eigenvalue weighted by Gasteiger charge is 2.32. The molecular weight excluding hydrogens is 406 g/mol. The first-order valence-corrected chi connectivity index (χ1v) is 9.61. The van der Waals surface area contributed by atoms with Crippen molar-refractivity contribution in [2.45, 2.75) is 12.8 Å². The van der Waals surface area contributed by atoms with Gasteiger partial charge in [-0.1, -0.05) is 12.1 Å². The van der Waals surface area contributed by atoms with E-state index in [9.17, 15) is 19.3 Å². The third kappa shape index (κ3) is 2.48. The zero-order valence-corrected chi connectivity index (χ0v) is 16.4. The predicted molar refractivity (Wildman–Crippen MR) is 113 cm³/mol. The summed E-state index contributed by atoms with van der Waals surface area (Å²) in [6.07, 6.45) is 0.512. The standard InChI is InChI=1S/C26H10F2N4/c1-31-21(11-29)25-19-9-13-7-16(28)4-6-18(13)24(19)26(22(12-30)32-2)20-10-14-8-15(27)3-5-17(14)23(20)25/h3-8H,9-10H2/b25-21-,26-22+. The fraction of sp³-hybridized carbons (Fsp3) is 0.0769. The first kappa shape index (κ1) is 19.2. The van der Waals surface area contributed by atoms with Crippen LogP contribution in [0.1, 0.15) is 22.3 Å². The van der Waals surface area contributed by atoms with Gasteiger partial charge in [0.05, 0.1) is 25.3 Å². The summed E-state index contributed by atoms with van der Waals surface area (Å²) in [5.74, 6) is -0.838. The average Bonchev–Trinajstić information content (AvgIpc) is 3.33. The topological polar surface area (TPSA) is 56.3 Å². The van der Waals surface area contributed by atoms with Crippen LogP contribution in [0.5, 0.6) is 0 Å². The van der Waals surface area contributed by atoms with Crippen LogP contribution in [0.4, 0.5) is 8.78 Å². The van der Waals surface area contributed by atoms with Gasteiger partial charge in [0.25, 0.3) is 11.4 Å². The number of rotatable bonds is 0. The summed E-state index contributed by atoms with van der Waals surface area (Å²) in [6, 6.07) is 12.5. The molecule has 2 aliphatic rings. The minimum atomic E-state index is -0.419. The average molecular weight is 416 g/mol. The van der Waals surface area contributed by atoms with Crippen LogP contribution in [-0.4, -0.2) is 0 Å². The van der Waals surface area contributed by atoms with E-state index >= 15 is 0 Å². The van der Waals surface area contributed by atoms with Crippen molar-refractivity contribution in [3.05, 3.63) is 104 Å². The molecule has 5 rings (SSSR count). The van der Waals surface area contributed by atoms with Crippen LogP contribution >= 0.6 is 0 Å². The van der Waals surface area contributed by atoms with E-state index in [1.54, 1.807) is 12.1 Å². The summed E-state index contributed by atoms with van der Waals surface area (Å²) in [7, 11) is 0. The van der Waals surface area contributed by atoms with Gasteiger partial charge < -0.3 is 0 Å². The fourth-order valence-electron chi connectivity index (χ4n) is 4.88. The molecule has 3 aromatic rings. The number of fused-ring (bicyclic) bond motifs is 6. The van der Waals surface area contributed by atoms with E-state index in [1.165, 1.54) is 24.3 Å². The summed E-state index contributed by atoms with van der Waals surface area (Å²) < 4.78 is 28.0. The van der Waals surface area contributed by atoms with E-state index in [0.717, 1.165) is 0 Å². The molecule has 0 aliphatic heterocycles. The molecule has 0 saturated carbocycles.